The zero-order chi connectivity index (χ0) is 11.7. The molecule has 0 bridgehead atoms. The summed E-state index contributed by atoms with van der Waals surface area (Å²) >= 11 is 7.83. The standard InChI is InChI=1S/C12H12ClNOS/c1-7-6-9(15-3)10(8(2)11(7)13)12-14-4-5-16-12/h4-6H,1-3H3. The number of aryl methyl sites for hydroxylation is 1. The third kappa shape index (κ3) is 1.81. The first-order valence-corrected chi connectivity index (χ1v) is 6.14. The largest absolute Gasteiger partial charge is 0.496 e. The zero-order valence-corrected chi connectivity index (χ0v) is 10.9. The van der Waals surface area contributed by atoms with Crippen LogP contribution in [0.15, 0.2) is 17.6 Å². The summed E-state index contributed by atoms with van der Waals surface area (Å²) in [6.07, 6.45) is 1.78. The second-order valence-electron chi connectivity index (χ2n) is 3.55. The number of halogens is 1. The van der Waals surface area contributed by atoms with Gasteiger partial charge in [-0.05, 0) is 31.0 Å². The normalized spacial score (nSPS) is 10.5. The van der Waals surface area contributed by atoms with Crippen molar-refractivity contribution < 1.29 is 4.74 Å². The van der Waals surface area contributed by atoms with Gasteiger partial charge in [-0.15, -0.1) is 11.3 Å². The summed E-state index contributed by atoms with van der Waals surface area (Å²) in [7, 11) is 1.67. The molecular formula is C12H12ClNOS. The molecule has 0 saturated heterocycles. The van der Waals surface area contributed by atoms with Crippen molar-refractivity contribution >= 4 is 22.9 Å². The molecule has 0 radical (unpaired) electrons. The van der Waals surface area contributed by atoms with Crippen molar-refractivity contribution in [2.75, 3.05) is 7.11 Å². The molecule has 1 heterocycles. The van der Waals surface area contributed by atoms with E-state index in [1.54, 1.807) is 24.6 Å². The number of benzene rings is 1. The fraction of sp³-hybridized carbons (Fsp3) is 0.250. The van der Waals surface area contributed by atoms with Crippen LogP contribution < -0.4 is 4.74 Å². The van der Waals surface area contributed by atoms with Gasteiger partial charge < -0.3 is 4.74 Å². The Morgan fingerprint density at radius 1 is 1.38 bits per heavy atom. The third-order valence-electron chi connectivity index (χ3n) is 2.51. The molecule has 2 nitrogen and oxygen atoms in total. The SMILES string of the molecule is COc1cc(C)c(Cl)c(C)c1-c1nccs1. The van der Waals surface area contributed by atoms with Crippen molar-refractivity contribution in [2.24, 2.45) is 0 Å². The Morgan fingerprint density at radius 2 is 2.12 bits per heavy atom. The van der Waals surface area contributed by atoms with Crippen LogP contribution in [0, 0.1) is 13.8 Å². The number of hydrogen-bond donors (Lipinski definition) is 0. The quantitative estimate of drug-likeness (QED) is 0.804. The van der Waals surface area contributed by atoms with E-state index >= 15 is 0 Å². The molecule has 0 saturated carbocycles. The van der Waals surface area contributed by atoms with E-state index in [0.29, 0.717) is 0 Å². The topological polar surface area (TPSA) is 22.1 Å². The molecule has 16 heavy (non-hydrogen) atoms. The van der Waals surface area contributed by atoms with Gasteiger partial charge in [-0.25, -0.2) is 4.98 Å². The minimum absolute atomic E-state index is 0.783. The first kappa shape index (κ1) is 11.4. The second kappa shape index (κ2) is 4.44. The average Bonchev–Trinajstić information content (AvgIpc) is 2.78. The van der Waals surface area contributed by atoms with Crippen LogP contribution in [0.1, 0.15) is 11.1 Å². The molecule has 0 atom stereocenters. The van der Waals surface area contributed by atoms with Gasteiger partial charge in [0.05, 0.1) is 12.7 Å². The summed E-state index contributed by atoms with van der Waals surface area (Å²) < 4.78 is 5.39. The summed E-state index contributed by atoms with van der Waals surface area (Å²) in [4.78, 5) is 4.31. The molecule has 0 fully saturated rings. The van der Waals surface area contributed by atoms with E-state index < -0.39 is 0 Å². The highest BCUT2D eigenvalue weighted by Crippen LogP contribution is 2.39. The summed E-state index contributed by atoms with van der Waals surface area (Å²) in [6, 6.07) is 1.95. The lowest BCUT2D eigenvalue weighted by atomic mass is 10.0. The molecular weight excluding hydrogens is 242 g/mol. The van der Waals surface area contributed by atoms with E-state index in [-0.39, 0.29) is 0 Å². The maximum absolute atomic E-state index is 6.25. The maximum atomic E-state index is 6.25. The monoisotopic (exact) mass is 253 g/mol. The van der Waals surface area contributed by atoms with E-state index in [0.717, 1.165) is 32.5 Å². The van der Waals surface area contributed by atoms with Gasteiger partial charge in [-0.1, -0.05) is 11.6 Å². The van der Waals surface area contributed by atoms with Gasteiger partial charge in [0.1, 0.15) is 10.8 Å². The predicted octanol–water partition coefficient (Wildman–Crippen LogP) is 4.09. The van der Waals surface area contributed by atoms with E-state index in [2.05, 4.69) is 4.98 Å². The number of thiazole rings is 1. The molecule has 4 heteroatoms. The molecule has 0 aliphatic rings. The van der Waals surface area contributed by atoms with Gasteiger partial charge in [0, 0.05) is 16.6 Å². The fourth-order valence-electron chi connectivity index (χ4n) is 1.70. The Hall–Kier alpha value is -1.06. The van der Waals surface area contributed by atoms with Crippen LogP contribution in [0.2, 0.25) is 5.02 Å². The van der Waals surface area contributed by atoms with E-state index in [1.165, 1.54) is 0 Å². The first-order valence-electron chi connectivity index (χ1n) is 4.88. The fourth-order valence-corrected chi connectivity index (χ4v) is 2.59. The van der Waals surface area contributed by atoms with Crippen LogP contribution >= 0.6 is 22.9 Å². The highest BCUT2D eigenvalue weighted by atomic mass is 35.5. The van der Waals surface area contributed by atoms with Crippen LogP contribution in [0.5, 0.6) is 5.75 Å². The Kier molecular flexibility index (Phi) is 3.17. The number of ether oxygens (including phenoxy) is 1. The second-order valence-corrected chi connectivity index (χ2v) is 4.82. The number of nitrogens with zero attached hydrogens (tertiary/aromatic N) is 1. The van der Waals surface area contributed by atoms with Gasteiger partial charge in [0.15, 0.2) is 0 Å². The lowest BCUT2D eigenvalue weighted by Gasteiger charge is -2.13. The number of methoxy groups -OCH3 is 1. The highest BCUT2D eigenvalue weighted by Gasteiger charge is 2.15. The molecule has 0 N–H and O–H groups in total. The van der Waals surface area contributed by atoms with Crippen molar-refractivity contribution in [2.45, 2.75) is 13.8 Å². The number of aromatic nitrogens is 1. The highest BCUT2D eigenvalue weighted by molar-refractivity contribution is 7.13. The van der Waals surface area contributed by atoms with E-state index in [4.69, 9.17) is 16.3 Å². The number of rotatable bonds is 2. The molecule has 0 amide bonds. The predicted molar refractivity (Wildman–Crippen MR) is 68.6 cm³/mol. The van der Waals surface area contributed by atoms with Crippen molar-refractivity contribution in [1.29, 1.82) is 0 Å². The van der Waals surface area contributed by atoms with Crippen LogP contribution in [0.3, 0.4) is 0 Å². The Bertz CT molecular complexity index is 508. The van der Waals surface area contributed by atoms with Gasteiger partial charge in [0.25, 0.3) is 0 Å². The van der Waals surface area contributed by atoms with E-state index in [1.807, 2.05) is 25.3 Å². The first-order chi connectivity index (χ1) is 7.65. The third-order valence-corrected chi connectivity index (χ3v) is 3.88. The Morgan fingerprint density at radius 3 is 2.69 bits per heavy atom. The van der Waals surface area contributed by atoms with Gasteiger partial charge >= 0.3 is 0 Å². The lowest BCUT2D eigenvalue weighted by Crippen LogP contribution is -1.93. The van der Waals surface area contributed by atoms with Gasteiger partial charge in [-0.2, -0.15) is 0 Å². The van der Waals surface area contributed by atoms with Gasteiger partial charge in [-0.3, -0.25) is 0 Å². The molecule has 2 aromatic rings. The summed E-state index contributed by atoms with van der Waals surface area (Å²) in [6.45, 7) is 3.97. The van der Waals surface area contributed by atoms with E-state index in [9.17, 15) is 0 Å². The molecule has 0 aliphatic heterocycles. The number of hydrogen-bond acceptors (Lipinski definition) is 3. The zero-order valence-electron chi connectivity index (χ0n) is 9.37. The minimum Gasteiger partial charge on any atom is -0.496 e. The molecule has 0 aliphatic carbocycles. The lowest BCUT2D eigenvalue weighted by molar-refractivity contribution is 0.416. The van der Waals surface area contributed by atoms with Crippen molar-refractivity contribution in [3.8, 4) is 16.3 Å². The molecule has 0 spiro atoms. The van der Waals surface area contributed by atoms with Crippen LogP contribution in [0.25, 0.3) is 10.6 Å². The molecule has 2 rings (SSSR count). The summed E-state index contributed by atoms with van der Waals surface area (Å²) in [5.74, 6) is 0.828. The average molecular weight is 254 g/mol. The van der Waals surface area contributed by atoms with Gasteiger partial charge in [0.2, 0.25) is 0 Å². The van der Waals surface area contributed by atoms with Crippen molar-refractivity contribution in [1.82, 2.24) is 4.98 Å². The maximum Gasteiger partial charge on any atom is 0.129 e. The Balaban J connectivity index is 2.72. The Labute approximate surface area is 104 Å². The molecule has 0 unspecified atom stereocenters. The van der Waals surface area contributed by atoms with Crippen LogP contribution in [-0.2, 0) is 0 Å². The smallest absolute Gasteiger partial charge is 0.129 e. The minimum atomic E-state index is 0.783. The summed E-state index contributed by atoms with van der Waals surface area (Å²) in [5.41, 5.74) is 3.04. The van der Waals surface area contributed by atoms with Crippen LogP contribution in [0.4, 0.5) is 0 Å². The molecule has 1 aromatic heterocycles. The van der Waals surface area contributed by atoms with Crippen molar-refractivity contribution in [3.05, 3.63) is 33.8 Å². The summed E-state index contributed by atoms with van der Waals surface area (Å²) in [5, 5.41) is 3.67. The van der Waals surface area contributed by atoms with Crippen LogP contribution in [-0.4, -0.2) is 12.1 Å². The molecule has 1 aromatic carbocycles. The molecule has 84 valence electrons. The van der Waals surface area contributed by atoms with Crippen molar-refractivity contribution in [3.63, 3.8) is 0 Å².